The van der Waals surface area contributed by atoms with Gasteiger partial charge in [0.05, 0.1) is 5.56 Å². The molecule has 0 fully saturated rings. The number of aromatic nitrogens is 2. The Morgan fingerprint density at radius 1 is 1.26 bits per heavy atom. The van der Waals surface area contributed by atoms with E-state index in [1.165, 1.54) is 12.1 Å². The molecule has 0 spiro atoms. The Balaban J connectivity index is 1.58. The van der Waals surface area contributed by atoms with E-state index in [-0.39, 0.29) is 36.0 Å². The second kappa shape index (κ2) is 11.1. The van der Waals surface area contributed by atoms with E-state index in [0.29, 0.717) is 37.3 Å². The van der Waals surface area contributed by atoms with Crippen LogP contribution in [0.4, 0.5) is 11.8 Å². The number of aliphatic carboxylic acids is 2. The molecule has 0 bridgehead atoms. The molecule has 2 amide bonds. The van der Waals surface area contributed by atoms with Gasteiger partial charge < -0.3 is 31.5 Å². The summed E-state index contributed by atoms with van der Waals surface area (Å²) in [7, 11) is 0. The van der Waals surface area contributed by atoms with Crippen LogP contribution in [0.3, 0.4) is 0 Å². The van der Waals surface area contributed by atoms with Crippen molar-refractivity contribution in [2.75, 3.05) is 24.1 Å². The maximum absolute atomic E-state index is 12.4. The maximum Gasteiger partial charge on any atom is 0.326 e. The standard InChI is InChI=1S/C22H26N6O7/c23-22-26-18-15(20(33)27-22)7-13(8-24-18)10-28(11-29)9-12-1-3-14(4-2-12)19(32)25-16(21(34)35)5-6-17(30)31/h1-4,11,13,16H,5-10H2,(H,25,32)(H,30,31)(H,34,35)(H4,23,24,26,27,33). The summed E-state index contributed by atoms with van der Waals surface area (Å²) in [6.07, 6.45) is 0.514. The van der Waals surface area contributed by atoms with Crippen LogP contribution in [0.25, 0.3) is 0 Å². The van der Waals surface area contributed by atoms with Crippen molar-refractivity contribution >= 4 is 36.0 Å². The van der Waals surface area contributed by atoms with Crippen molar-refractivity contribution < 1.29 is 29.4 Å². The number of fused-ring (bicyclic) bond motifs is 1. The van der Waals surface area contributed by atoms with Crippen molar-refractivity contribution in [2.24, 2.45) is 5.92 Å². The number of nitrogens with two attached hydrogens (primary N) is 1. The van der Waals surface area contributed by atoms with Gasteiger partial charge in [-0.05, 0) is 36.5 Å². The Morgan fingerprint density at radius 2 is 1.97 bits per heavy atom. The first-order chi connectivity index (χ1) is 16.7. The highest BCUT2D eigenvalue weighted by Gasteiger charge is 2.24. The Hall–Kier alpha value is -4.42. The van der Waals surface area contributed by atoms with Gasteiger partial charge in [0.1, 0.15) is 11.9 Å². The zero-order valence-corrected chi connectivity index (χ0v) is 18.7. The largest absolute Gasteiger partial charge is 0.481 e. The molecule has 0 saturated carbocycles. The summed E-state index contributed by atoms with van der Waals surface area (Å²) in [6.45, 7) is 1.16. The molecule has 2 aromatic rings. The SMILES string of the molecule is Nc1nc2c(c(=O)[nH]1)CC(CN(C=O)Cc1ccc(C(=O)NC(CCC(=O)O)C(=O)O)cc1)CN2. The van der Waals surface area contributed by atoms with Gasteiger partial charge in [-0.2, -0.15) is 4.98 Å². The number of nitrogens with one attached hydrogen (secondary N) is 3. The summed E-state index contributed by atoms with van der Waals surface area (Å²) in [5.74, 6) is -2.67. The van der Waals surface area contributed by atoms with Crippen molar-refractivity contribution in [1.82, 2.24) is 20.2 Å². The van der Waals surface area contributed by atoms with Gasteiger partial charge in [0.2, 0.25) is 12.4 Å². The number of aromatic amines is 1. The molecule has 1 aromatic carbocycles. The van der Waals surface area contributed by atoms with E-state index in [1.54, 1.807) is 17.0 Å². The highest BCUT2D eigenvalue weighted by Crippen LogP contribution is 2.21. The second-order valence-corrected chi connectivity index (χ2v) is 8.26. The number of anilines is 2. The van der Waals surface area contributed by atoms with Gasteiger partial charge in [0.25, 0.3) is 11.5 Å². The fourth-order valence-electron chi connectivity index (χ4n) is 3.82. The lowest BCUT2D eigenvalue weighted by Gasteiger charge is -2.28. The highest BCUT2D eigenvalue weighted by atomic mass is 16.4. The summed E-state index contributed by atoms with van der Waals surface area (Å²) in [5.41, 5.74) is 6.68. The van der Waals surface area contributed by atoms with E-state index in [2.05, 4.69) is 20.6 Å². The van der Waals surface area contributed by atoms with Crippen molar-refractivity contribution in [1.29, 1.82) is 0 Å². The molecule has 1 aliphatic rings. The zero-order valence-electron chi connectivity index (χ0n) is 18.7. The third-order valence-corrected chi connectivity index (χ3v) is 5.58. The van der Waals surface area contributed by atoms with Gasteiger partial charge in [-0.15, -0.1) is 0 Å². The van der Waals surface area contributed by atoms with Gasteiger partial charge in [0.15, 0.2) is 0 Å². The minimum atomic E-state index is -1.32. The number of nitrogen functional groups attached to an aromatic ring is 1. The first-order valence-electron chi connectivity index (χ1n) is 10.8. The smallest absolute Gasteiger partial charge is 0.326 e. The summed E-state index contributed by atoms with van der Waals surface area (Å²) >= 11 is 0. The van der Waals surface area contributed by atoms with Gasteiger partial charge in [-0.1, -0.05) is 12.1 Å². The quantitative estimate of drug-likeness (QED) is 0.227. The van der Waals surface area contributed by atoms with Crippen LogP contribution in [0, 0.1) is 5.92 Å². The van der Waals surface area contributed by atoms with E-state index >= 15 is 0 Å². The zero-order chi connectivity index (χ0) is 25.5. The topological polar surface area (TPSA) is 208 Å². The lowest BCUT2D eigenvalue weighted by Crippen LogP contribution is -2.41. The first-order valence-corrected chi connectivity index (χ1v) is 10.8. The molecule has 7 N–H and O–H groups in total. The molecule has 35 heavy (non-hydrogen) atoms. The number of rotatable bonds is 11. The van der Waals surface area contributed by atoms with Crippen LogP contribution < -0.4 is 21.9 Å². The summed E-state index contributed by atoms with van der Waals surface area (Å²) < 4.78 is 0. The van der Waals surface area contributed by atoms with Crippen LogP contribution in [0.5, 0.6) is 0 Å². The average molecular weight is 486 g/mol. The van der Waals surface area contributed by atoms with Gasteiger partial charge in [-0.3, -0.25) is 24.2 Å². The molecule has 3 rings (SSSR count). The number of carbonyl (C=O) groups is 4. The molecule has 13 nitrogen and oxygen atoms in total. The second-order valence-electron chi connectivity index (χ2n) is 8.26. The highest BCUT2D eigenvalue weighted by molar-refractivity contribution is 5.96. The number of hydrogen-bond donors (Lipinski definition) is 6. The Labute approximate surface area is 199 Å². The van der Waals surface area contributed by atoms with E-state index in [1.807, 2.05) is 0 Å². The third-order valence-electron chi connectivity index (χ3n) is 5.58. The van der Waals surface area contributed by atoms with Crippen molar-refractivity contribution in [3.8, 4) is 0 Å². The molecule has 2 heterocycles. The molecule has 2 atom stereocenters. The number of nitrogens with zero attached hydrogens (tertiary/aromatic N) is 2. The minimum absolute atomic E-state index is 0.0250. The van der Waals surface area contributed by atoms with E-state index in [4.69, 9.17) is 10.8 Å². The Bertz CT molecular complexity index is 1160. The normalized spacial score (nSPS) is 15.3. The number of carboxylic acids is 2. The molecule has 1 aromatic heterocycles. The summed E-state index contributed by atoms with van der Waals surface area (Å²) in [4.78, 5) is 66.2. The van der Waals surface area contributed by atoms with Crippen LogP contribution in [-0.2, 0) is 27.3 Å². The molecule has 186 valence electrons. The Morgan fingerprint density at radius 3 is 2.60 bits per heavy atom. The first kappa shape index (κ1) is 25.2. The fourth-order valence-corrected chi connectivity index (χ4v) is 3.82. The molecule has 0 saturated heterocycles. The van der Waals surface area contributed by atoms with E-state index in [0.717, 1.165) is 5.56 Å². The summed E-state index contributed by atoms with van der Waals surface area (Å²) in [5, 5.41) is 23.3. The van der Waals surface area contributed by atoms with Gasteiger partial charge in [-0.25, -0.2) is 4.79 Å². The molecule has 0 radical (unpaired) electrons. The van der Waals surface area contributed by atoms with Crippen LogP contribution in [0.15, 0.2) is 29.1 Å². The van der Waals surface area contributed by atoms with E-state index in [9.17, 15) is 29.1 Å². The fraction of sp³-hybridized carbons (Fsp3) is 0.364. The molecule has 2 unspecified atom stereocenters. The number of carboxylic acid groups (broad SMARTS) is 2. The molecule has 0 aliphatic carbocycles. The van der Waals surface area contributed by atoms with Crippen LogP contribution in [-0.4, -0.2) is 68.5 Å². The average Bonchev–Trinajstić information content (AvgIpc) is 2.81. The number of H-pyrrole nitrogens is 1. The van der Waals surface area contributed by atoms with E-state index < -0.39 is 30.3 Å². The van der Waals surface area contributed by atoms with Crippen LogP contribution in [0.1, 0.15) is 34.3 Å². The van der Waals surface area contributed by atoms with Crippen molar-refractivity contribution in [3.63, 3.8) is 0 Å². The lowest BCUT2D eigenvalue weighted by molar-refractivity contribution is -0.140. The van der Waals surface area contributed by atoms with Crippen LogP contribution >= 0.6 is 0 Å². The minimum Gasteiger partial charge on any atom is -0.481 e. The number of hydrogen-bond acceptors (Lipinski definition) is 8. The predicted molar refractivity (Wildman–Crippen MR) is 124 cm³/mol. The number of amides is 2. The summed E-state index contributed by atoms with van der Waals surface area (Å²) in [6, 6.07) is 4.96. The molecule has 13 heteroatoms. The monoisotopic (exact) mass is 486 g/mol. The van der Waals surface area contributed by atoms with Crippen LogP contribution in [0.2, 0.25) is 0 Å². The molecule has 1 aliphatic heterocycles. The maximum atomic E-state index is 12.4. The predicted octanol–water partition coefficient (Wildman–Crippen LogP) is -0.357. The number of carbonyl (C=O) groups excluding carboxylic acids is 2. The Kier molecular flexibility index (Phi) is 8.02. The lowest BCUT2D eigenvalue weighted by atomic mass is 9.96. The number of benzene rings is 1. The molecular weight excluding hydrogens is 460 g/mol. The van der Waals surface area contributed by atoms with Gasteiger partial charge >= 0.3 is 11.9 Å². The third kappa shape index (κ3) is 6.79. The van der Waals surface area contributed by atoms with Crippen molar-refractivity contribution in [2.45, 2.75) is 31.8 Å². The molecular formula is C22H26N6O7. The van der Waals surface area contributed by atoms with Crippen molar-refractivity contribution in [3.05, 3.63) is 51.3 Å². The van der Waals surface area contributed by atoms with Gasteiger partial charge in [0, 0.05) is 31.6 Å².